The van der Waals surface area contributed by atoms with Crippen LogP contribution in [0.25, 0.3) is 111 Å². The number of benzene rings is 7. The Morgan fingerprint density at radius 1 is 0.339 bits per heavy atom. The van der Waals surface area contributed by atoms with E-state index in [1.54, 1.807) is 0 Å². The summed E-state index contributed by atoms with van der Waals surface area (Å²) in [6.07, 6.45) is 3.64. The standard InChI is InChI=1S/C51H31N3O2/c1-2-10-34(11-3-1)43-31-44(37-13-8-12-36(30-37)32-26-28-52-29-27-32)54-51(53-43)35-22-20-33(21-23-35)38-24-25-40(50-49(38)42-15-5-7-18-46(42)56-50)39-16-9-19-47-48(39)41-14-4-6-17-45(41)55-47/h1-31H. The number of fused-ring (bicyclic) bond motifs is 6. The molecular weight excluding hydrogens is 687 g/mol. The van der Waals surface area contributed by atoms with Gasteiger partial charge in [-0.2, -0.15) is 0 Å². The van der Waals surface area contributed by atoms with Crippen molar-refractivity contribution in [1.29, 1.82) is 0 Å². The number of hydrogen-bond acceptors (Lipinski definition) is 5. The van der Waals surface area contributed by atoms with Crippen LogP contribution in [0.5, 0.6) is 0 Å². The summed E-state index contributed by atoms with van der Waals surface area (Å²) >= 11 is 0. The number of hydrogen-bond donors (Lipinski definition) is 0. The number of para-hydroxylation sites is 2. The minimum absolute atomic E-state index is 0.664. The molecule has 0 N–H and O–H groups in total. The van der Waals surface area contributed by atoms with Gasteiger partial charge < -0.3 is 8.83 Å². The number of pyridine rings is 1. The zero-order valence-corrected chi connectivity index (χ0v) is 30.1. The van der Waals surface area contributed by atoms with Gasteiger partial charge in [0.25, 0.3) is 0 Å². The highest BCUT2D eigenvalue weighted by atomic mass is 16.3. The third-order valence-electron chi connectivity index (χ3n) is 10.6. The highest BCUT2D eigenvalue weighted by molar-refractivity contribution is 6.20. The Morgan fingerprint density at radius 2 is 0.946 bits per heavy atom. The van der Waals surface area contributed by atoms with Crippen molar-refractivity contribution in [2.24, 2.45) is 0 Å². The number of furan rings is 2. The first kappa shape index (κ1) is 31.9. The maximum absolute atomic E-state index is 6.72. The molecule has 0 bridgehead atoms. The predicted molar refractivity (Wildman–Crippen MR) is 227 cm³/mol. The normalized spacial score (nSPS) is 11.6. The van der Waals surface area contributed by atoms with E-state index in [-0.39, 0.29) is 0 Å². The molecule has 4 aromatic heterocycles. The minimum Gasteiger partial charge on any atom is -0.456 e. The molecule has 0 aliphatic carbocycles. The second kappa shape index (κ2) is 13.0. The Hall–Kier alpha value is -7.63. The monoisotopic (exact) mass is 717 g/mol. The van der Waals surface area contributed by atoms with Crippen LogP contribution in [0.3, 0.4) is 0 Å². The van der Waals surface area contributed by atoms with Crippen molar-refractivity contribution in [2.45, 2.75) is 0 Å². The molecule has 5 nitrogen and oxygen atoms in total. The zero-order valence-electron chi connectivity index (χ0n) is 30.1. The number of nitrogens with zero attached hydrogens (tertiary/aromatic N) is 3. The van der Waals surface area contributed by atoms with Crippen LogP contribution in [-0.2, 0) is 0 Å². The fraction of sp³-hybridized carbons (Fsp3) is 0. The topological polar surface area (TPSA) is 65.0 Å². The van der Waals surface area contributed by atoms with Gasteiger partial charge in [-0.3, -0.25) is 4.98 Å². The molecule has 0 saturated heterocycles. The van der Waals surface area contributed by atoms with Gasteiger partial charge in [-0.05, 0) is 76.3 Å². The van der Waals surface area contributed by atoms with Crippen LogP contribution < -0.4 is 0 Å². The fourth-order valence-electron chi connectivity index (χ4n) is 7.96. The van der Waals surface area contributed by atoms with Gasteiger partial charge in [0.05, 0.1) is 11.4 Å². The lowest BCUT2D eigenvalue weighted by Gasteiger charge is -2.12. The second-order valence-corrected chi connectivity index (χ2v) is 14.0. The molecular formula is C51H31N3O2. The Balaban J connectivity index is 1.04. The van der Waals surface area contributed by atoms with E-state index in [4.69, 9.17) is 18.8 Å². The van der Waals surface area contributed by atoms with Crippen LogP contribution in [0.2, 0.25) is 0 Å². The molecule has 0 spiro atoms. The van der Waals surface area contributed by atoms with Crippen molar-refractivity contribution in [2.75, 3.05) is 0 Å². The molecule has 0 radical (unpaired) electrons. The Bertz CT molecular complexity index is 3240. The molecule has 0 saturated carbocycles. The van der Waals surface area contributed by atoms with Crippen LogP contribution in [-0.4, -0.2) is 15.0 Å². The maximum atomic E-state index is 6.72. The average molecular weight is 718 g/mol. The van der Waals surface area contributed by atoms with Crippen LogP contribution in [0, 0.1) is 0 Å². The maximum Gasteiger partial charge on any atom is 0.160 e. The molecule has 11 aromatic rings. The van der Waals surface area contributed by atoms with Gasteiger partial charge in [0.2, 0.25) is 0 Å². The van der Waals surface area contributed by atoms with Crippen molar-refractivity contribution in [3.63, 3.8) is 0 Å². The van der Waals surface area contributed by atoms with Crippen molar-refractivity contribution in [1.82, 2.24) is 15.0 Å². The molecule has 0 fully saturated rings. The van der Waals surface area contributed by atoms with E-state index in [2.05, 4.69) is 120 Å². The Labute approximate surface area is 322 Å². The summed E-state index contributed by atoms with van der Waals surface area (Å²) in [6.45, 7) is 0. The first-order valence-corrected chi connectivity index (χ1v) is 18.7. The molecule has 56 heavy (non-hydrogen) atoms. The lowest BCUT2D eigenvalue weighted by molar-refractivity contribution is 0.668. The zero-order chi connectivity index (χ0) is 37.0. The highest BCUT2D eigenvalue weighted by Crippen LogP contribution is 2.45. The quantitative estimate of drug-likeness (QED) is 0.171. The van der Waals surface area contributed by atoms with Gasteiger partial charge in [0.1, 0.15) is 22.3 Å². The molecule has 5 heteroatoms. The third kappa shape index (κ3) is 5.37. The lowest BCUT2D eigenvalue weighted by Crippen LogP contribution is -1.96. The molecule has 0 amide bonds. The Kier molecular flexibility index (Phi) is 7.42. The van der Waals surface area contributed by atoms with E-state index in [0.717, 1.165) is 105 Å². The molecule has 0 aliphatic heterocycles. The van der Waals surface area contributed by atoms with Crippen molar-refractivity contribution in [3.8, 4) is 67.3 Å². The van der Waals surface area contributed by atoms with Gasteiger partial charge in [-0.25, -0.2) is 9.97 Å². The first-order chi connectivity index (χ1) is 27.7. The molecule has 0 aliphatic rings. The Morgan fingerprint density at radius 3 is 1.75 bits per heavy atom. The number of aromatic nitrogens is 3. The average Bonchev–Trinajstić information content (AvgIpc) is 3.86. The van der Waals surface area contributed by atoms with Crippen molar-refractivity contribution < 1.29 is 8.83 Å². The first-order valence-electron chi connectivity index (χ1n) is 18.7. The predicted octanol–water partition coefficient (Wildman–Crippen LogP) is 13.7. The van der Waals surface area contributed by atoms with E-state index in [1.165, 1.54) is 0 Å². The van der Waals surface area contributed by atoms with Gasteiger partial charge in [0, 0.05) is 56.2 Å². The van der Waals surface area contributed by atoms with Crippen molar-refractivity contribution in [3.05, 3.63) is 188 Å². The van der Waals surface area contributed by atoms with E-state index >= 15 is 0 Å². The number of rotatable bonds is 6. The van der Waals surface area contributed by atoms with Gasteiger partial charge >= 0.3 is 0 Å². The van der Waals surface area contributed by atoms with Crippen LogP contribution in [0.1, 0.15) is 0 Å². The fourth-order valence-corrected chi connectivity index (χ4v) is 7.96. The summed E-state index contributed by atoms with van der Waals surface area (Å²) in [6, 6.07) is 60.6. The van der Waals surface area contributed by atoms with Crippen molar-refractivity contribution >= 4 is 43.9 Å². The summed E-state index contributed by atoms with van der Waals surface area (Å²) in [4.78, 5) is 14.5. The van der Waals surface area contributed by atoms with E-state index in [0.29, 0.717) is 5.82 Å². The van der Waals surface area contributed by atoms with Gasteiger partial charge in [-0.1, -0.05) is 127 Å². The van der Waals surface area contributed by atoms with Gasteiger partial charge in [-0.15, -0.1) is 0 Å². The van der Waals surface area contributed by atoms with Crippen LogP contribution in [0.15, 0.2) is 197 Å². The van der Waals surface area contributed by atoms with Crippen LogP contribution >= 0.6 is 0 Å². The largest absolute Gasteiger partial charge is 0.456 e. The van der Waals surface area contributed by atoms with E-state index in [9.17, 15) is 0 Å². The van der Waals surface area contributed by atoms with Crippen LogP contribution in [0.4, 0.5) is 0 Å². The third-order valence-corrected chi connectivity index (χ3v) is 10.6. The van der Waals surface area contributed by atoms with Gasteiger partial charge in [0.15, 0.2) is 5.82 Å². The summed E-state index contributed by atoms with van der Waals surface area (Å²) in [7, 11) is 0. The lowest BCUT2D eigenvalue weighted by atomic mass is 9.92. The molecule has 0 atom stereocenters. The SMILES string of the molecule is c1ccc(-c2cc(-c3cccc(-c4ccncc4)c3)nc(-c3ccc(-c4ccc(-c5cccc6oc7ccccc7c56)c5oc6ccccc6c45)cc3)n2)cc1. The second-order valence-electron chi connectivity index (χ2n) is 14.0. The molecule has 4 heterocycles. The highest BCUT2D eigenvalue weighted by Gasteiger charge is 2.21. The molecule has 0 unspecified atom stereocenters. The summed E-state index contributed by atoms with van der Waals surface area (Å²) in [5.74, 6) is 0.664. The molecule has 11 rings (SSSR count). The summed E-state index contributed by atoms with van der Waals surface area (Å²) < 4.78 is 13.0. The smallest absolute Gasteiger partial charge is 0.160 e. The van der Waals surface area contributed by atoms with E-state index in [1.807, 2.05) is 73.1 Å². The molecule has 262 valence electrons. The summed E-state index contributed by atoms with van der Waals surface area (Å²) in [5, 5.41) is 4.33. The minimum atomic E-state index is 0.664. The summed E-state index contributed by atoms with van der Waals surface area (Å²) in [5.41, 5.74) is 14.6. The van der Waals surface area contributed by atoms with E-state index < -0.39 is 0 Å². The molecule has 7 aromatic carbocycles.